The van der Waals surface area contributed by atoms with Crippen molar-refractivity contribution in [1.82, 2.24) is 5.32 Å². The lowest BCUT2D eigenvalue weighted by molar-refractivity contribution is 0.532. The first-order valence-electron chi connectivity index (χ1n) is 8.55. The van der Waals surface area contributed by atoms with Gasteiger partial charge in [0.05, 0.1) is 0 Å². The molecule has 1 fully saturated rings. The highest BCUT2D eigenvalue weighted by Crippen LogP contribution is 2.41. The van der Waals surface area contributed by atoms with Crippen LogP contribution in [0.3, 0.4) is 0 Å². The Hall–Kier alpha value is -1.51. The van der Waals surface area contributed by atoms with Crippen LogP contribution in [-0.4, -0.2) is 17.3 Å². The third-order valence-electron chi connectivity index (χ3n) is 4.85. The highest BCUT2D eigenvalue weighted by Gasteiger charge is 2.39. The van der Waals surface area contributed by atoms with Crippen molar-refractivity contribution in [3.8, 4) is 0 Å². The van der Waals surface area contributed by atoms with Gasteiger partial charge >= 0.3 is 0 Å². The summed E-state index contributed by atoms with van der Waals surface area (Å²) >= 11 is 1.99. The molecule has 23 heavy (non-hydrogen) atoms. The molecule has 1 nitrogen and oxygen atoms in total. The Morgan fingerprint density at radius 2 is 1.65 bits per heavy atom. The van der Waals surface area contributed by atoms with Crippen LogP contribution in [0.1, 0.15) is 29.9 Å². The largest absolute Gasteiger partial charge is 0.307 e. The lowest BCUT2D eigenvalue weighted by Crippen LogP contribution is -2.34. The molecule has 2 heteroatoms. The minimum atomic E-state index is 0.531. The molecule has 0 spiro atoms. The first kappa shape index (κ1) is 15.0. The summed E-state index contributed by atoms with van der Waals surface area (Å²) in [6.07, 6.45) is 6.03. The molecule has 2 aromatic carbocycles. The van der Waals surface area contributed by atoms with Crippen LogP contribution in [-0.2, 0) is 6.42 Å². The number of nitrogens with one attached hydrogen (secondary N) is 1. The molecular formula is C21H23NS. The van der Waals surface area contributed by atoms with Gasteiger partial charge in [-0.25, -0.2) is 0 Å². The molecule has 1 saturated carbocycles. The predicted molar refractivity (Wildman–Crippen MR) is 99.8 cm³/mol. The number of hydrogen-bond donors (Lipinski definition) is 1. The minimum absolute atomic E-state index is 0.531. The Morgan fingerprint density at radius 3 is 2.43 bits per heavy atom. The van der Waals surface area contributed by atoms with Gasteiger partial charge in [-0.15, -0.1) is 11.8 Å². The molecule has 4 atom stereocenters. The second-order valence-electron chi connectivity index (χ2n) is 6.64. The van der Waals surface area contributed by atoms with Crippen LogP contribution in [0.25, 0.3) is 0 Å². The van der Waals surface area contributed by atoms with Gasteiger partial charge in [-0.2, -0.15) is 0 Å². The summed E-state index contributed by atoms with van der Waals surface area (Å²) in [6, 6.07) is 23.0. The molecule has 1 aliphatic heterocycles. The normalized spacial score (nSPS) is 29.4. The number of rotatable bonds is 5. The second kappa shape index (κ2) is 6.94. The second-order valence-corrected chi connectivity index (χ2v) is 7.86. The van der Waals surface area contributed by atoms with Crippen LogP contribution >= 0.6 is 11.8 Å². The van der Waals surface area contributed by atoms with Crippen molar-refractivity contribution in [1.29, 1.82) is 0 Å². The summed E-state index contributed by atoms with van der Waals surface area (Å²) in [6.45, 7) is 0. The van der Waals surface area contributed by atoms with E-state index in [2.05, 4.69) is 77.5 Å². The van der Waals surface area contributed by atoms with Crippen molar-refractivity contribution in [2.24, 2.45) is 0 Å². The fourth-order valence-electron chi connectivity index (χ4n) is 3.52. The van der Waals surface area contributed by atoms with Gasteiger partial charge in [0.1, 0.15) is 0 Å². The van der Waals surface area contributed by atoms with Gasteiger partial charge in [0.25, 0.3) is 0 Å². The molecule has 1 aliphatic carbocycles. The van der Waals surface area contributed by atoms with Gasteiger partial charge in [0, 0.05) is 23.3 Å². The lowest BCUT2D eigenvalue weighted by atomic mass is 10.0. The molecule has 1 heterocycles. The molecule has 0 aromatic heterocycles. The summed E-state index contributed by atoms with van der Waals surface area (Å²) in [5.74, 6) is 0.715. The molecule has 2 aromatic rings. The quantitative estimate of drug-likeness (QED) is 0.852. The number of benzene rings is 2. The molecule has 0 saturated heterocycles. The third kappa shape index (κ3) is 3.88. The Bertz CT molecular complexity index is 652. The summed E-state index contributed by atoms with van der Waals surface area (Å²) in [5, 5.41) is 6.85. The Morgan fingerprint density at radius 1 is 0.913 bits per heavy atom. The van der Waals surface area contributed by atoms with Crippen molar-refractivity contribution in [2.75, 3.05) is 0 Å². The van der Waals surface area contributed by atoms with Crippen molar-refractivity contribution < 1.29 is 0 Å². The molecule has 2 aliphatic rings. The van der Waals surface area contributed by atoms with E-state index in [-0.39, 0.29) is 0 Å². The molecule has 0 amide bonds. The van der Waals surface area contributed by atoms with Gasteiger partial charge in [-0.1, -0.05) is 66.7 Å². The Balaban J connectivity index is 1.31. The molecule has 0 bridgehead atoms. The molecule has 4 unspecified atom stereocenters. The maximum atomic E-state index is 3.86. The molecule has 0 radical (unpaired) electrons. The highest BCUT2D eigenvalue weighted by molar-refractivity contribution is 8.02. The average Bonchev–Trinajstić information content (AvgIpc) is 3.36. The highest BCUT2D eigenvalue weighted by atomic mass is 32.2. The van der Waals surface area contributed by atoms with E-state index in [1.54, 1.807) is 0 Å². The van der Waals surface area contributed by atoms with Gasteiger partial charge in [0.2, 0.25) is 0 Å². The first-order chi connectivity index (χ1) is 11.4. The SMILES string of the molecule is C1=CC(NC2CC2c2ccccc2)CC(Cc2ccccc2)S1. The lowest BCUT2D eigenvalue weighted by Gasteiger charge is -2.25. The summed E-state index contributed by atoms with van der Waals surface area (Å²) in [4.78, 5) is 0. The molecule has 118 valence electrons. The summed E-state index contributed by atoms with van der Waals surface area (Å²) in [5.41, 5.74) is 2.94. The van der Waals surface area contributed by atoms with Crippen molar-refractivity contribution in [2.45, 2.75) is 42.5 Å². The molecular weight excluding hydrogens is 298 g/mol. The Labute approximate surface area is 143 Å². The number of hydrogen-bond acceptors (Lipinski definition) is 2. The Kier molecular flexibility index (Phi) is 4.54. The van der Waals surface area contributed by atoms with Crippen molar-refractivity contribution in [3.63, 3.8) is 0 Å². The van der Waals surface area contributed by atoms with Gasteiger partial charge in [0.15, 0.2) is 0 Å². The van der Waals surface area contributed by atoms with Gasteiger partial charge in [-0.05, 0) is 35.8 Å². The standard InChI is InChI=1S/C21H23NS/c1-3-7-16(8-4-1)13-19-14-18(11-12-23-19)22-21-15-20(21)17-9-5-2-6-10-17/h1-12,18-22H,13-15H2. The molecule has 1 N–H and O–H groups in total. The van der Waals surface area contributed by atoms with E-state index in [0.29, 0.717) is 23.3 Å². The van der Waals surface area contributed by atoms with E-state index in [0.717, 1.165) is 0 Å². The van der Waals surface area contributed by atoms with E-state index < -0.39 is 0 Å². The predicted octanol–water partition coefficient (Wildman–Crippen LogP) is 4.76. The topological polar surface area (TPSA) is 12.0 Å². The summed E-state index contributed by atoms with van der Waals surface area (Å²) < 4.78 is 0. The van der Waals surface area contributed by atoms with Crippen LogP contribution in [0.4, 0.5) is 0 Å². The van der Waals surface area contributed by atoms with E-state index in [1.165, 1.54) is 30.4 Å². The van der Waals surface area contributed by atoms with Crippen LogP contribution < -0.4 is 5.32 Å². The zero-order chi connectivity index (χ0) is 15.5. The van der Waals surface area contributed by atoms with E-state index >= 15 is 0 Å². The van der Waals surface area contributed by atoms with Crippen molar-refractivity contribution in [3.05, 3.63) is 83.3 Å². The van der Waals surface area contributed by atoms with Gasteiger partial charge < -0.3 is 5.32 Å². The fraction of sp³-hybridized carbons (Fsp3) is 0.333. The van der Waals surface area contributed by atoms with E-state index in [4.69, 9.17) is 0 Å². The van der Waals surface area contributed by atoms with E-state index in [9.17, 15) is 0 Å². The maximum absolute atomic E-state index is 3.86. The average molecular weight is 321 g/mol. The zero-order valence-corrected chi connectivity index (χ0v) is 14.1. The fourth-order valence-corrected chi connectivity index (χ4v) is 4.63. The summed E-state index contributed by atoms with van der Waals surface area (Å²) in [7, 11) is 0. The smallest absolute Gasteiger partial charge is 0.0271 e. The zero-order valence-electron chi connectivity index (χ0n) is 13.3. The monoisotopic (exact) mass is 321 g/mol. The minimum Gasteiger partial charge on any atom is -0.307 e. The van der Waals surface area contributed by atoms with Crippen molar-refractivity contribution >= 4 is 11.8 Å². The van der Waals surface area contributed by atoms with Gasteiger partial charge in [-0.3, -0.25) is 0 Å². The third-order valence-corrected chi connectivity index (χ3v) is 5.91. The van der Waals surface area contributed by atoms with Crippen LogP contribution in [0.15, 0.2) is 72.1 Å². The molecule has 4 rings (SSSR count). The van der Waals surface area contributed by atoms with Crippen LogP contribution in [0, 0.1) is 0 Å². The first-order valence-corrected chi connectivity index (χ1v) is 9.50. The number of thioether (sulfide) groups is 1. The van der Waals surface area contributed by atoms with Crippen LogP contribution in [0.5, 0.6) is 0 Å². The van der Waals surface area contributed by atoms with E-state index in [1.807, 2.05) is 11.8 Å². The van der Waals surface area contributed by atoms with Crippen LogP contribution in [0.2, 0.25) is 0 Å². The maximum Gasteiger partial charge on any atom is 0.0271 e.